The summed E-state index contributed by atoms with van der Waals surface area (Å²) >= 11 is -1.63. The Labute approximate surface area is 154 Å². The van der Waals surface area contributed by atoms with Crippen LogP contribution in [0.1, 0.15) is 0 Å². The van der Waals surface area contributed by atoms with Crippen LogP contribution in [0, 0.1) is 0 Å². The van der Waals surface area contributed by atoms with Gasteiger partial charge in [-0.2, -0.15) is 0 Å². The van der Waals surface area contributed by atoms with Gasteiger partial charge in [0.1, 0.15) is 0 Å². The molecular formula is C18H15GeSi4. The first-order valence-corrected chi connectivity index (χ1v) is 16.4. The standard InChI is InChI=1S/C18H15Ge.Si4/c1-4-10-16(11-5-1)19(17-12-6-2-7-13-17)18-14-8-3-9-15-18;1-4(2)3/h1-15H;. The summed E-state index contributed by atoms with van der Waals surface area (Å²) < 4.78 is 4.50. The average Bonchev–Trinajstić information content (AvgIpc) is 2.58. The molecule has 0 unspecified atom stereocenters. The van der Waals surface area contributed by atoms with Crippen LogP contribution in [0.3, 0.4) is 0 Å². The molecule has 0 spiro atoms. The van der Waals surface area contributed by atoms with E-state index in [1.807, 2.05) is 0 Å². The van der Waals surface area contributed by atoms with Gasteiger partial charge in [-0.05, 0) is 0 Å². The van der Waals surface area contributed by atoms with Gasteiger partial charge in [0.05, 0.1) is 0 Å². The van der Waals surface area contributed by atoms with E-state index in [2.05, 4.69) is 120 Å². The molecule has 107 valence electrons. The third-order valence-corrected chi connectivity index (χ3v) is 8.92. The fourth-order valence-electron chi connectivity index (χ4n) is 2.31. The maximum atomic E-state index is 3.24. The van der Waals surface area contributed by atoms with E-state index >= 15 is 0 Å². The van der Waals surface area contributed by atoms with Gasteiger partial charge in [0.2, 0.25) is 0 Å². The van der Waals surface area contributed by atoms with Gasteiger partial charge in [0.25, 0.3) is 0 Å². The molecule has 0 atom stereocenters. The van der Waals surface area contributed by atoms with Crippen molar-refractivity contribution in [2.45, 2.75) is 0 Å². The molecule has 0 saturated heterocycles. The zero-order valence-electron chi connectivity index (χ0n) is 12.7. The van der Waals surface area contributed by atoms with Crippen LogP contribution in [0.5, 0.6) is 0 Å². The quantitative estimate of drug-likeness (QED) is 0.552. The summed E-state index contributed by atoms with van der Waals surface area (Å²) in [5.74, 6) is 0. The summed E-state index contributed by atoms with van der Waals surface area (Å²) in [5, 5.41) is 0. The topological polar surface area (TPSA) is 0 Å². The van der Waals surface area contributed by atoms with Crippen LogP contribution < -0.4 is 13.2 Å². The van der Waals surface area contributed by atoms with E-state index < -0.39 is 21.7 Å². The second kappa shape index (κ2) is 10.0. The predicted octanol–water partition coefficient (Wildman–Crippen LogP) is 0.680. The minimum absolute atomic E-state index is 0.463. The van der Waals surface area contributed by atoms with Gasteiger partial charge in [-0.1, -0.05) is 0 Å². The third-order valence-electron chi connectivity index (χ3n) is 3.19. The molecule has 11 radical (unpaired) electrons. The Morgan fingerprint density at radius 1 is 0.478 bits per heavy atom. The second-order valence-corrected chi connectivity index (χ2v) is 19.8. The SMILES string of the molecule is [Si][Si]([Si])[Si].c1cc[c]([Ge]([c]2ccccc2)[c]2ccccc2)cc1. The summed E-state index contributed by atoms with van der Waals surface area (Å²) in [6.07, 6.45) is 0. The molecule has 23 heavy (non-hydrogen) atoms. The van der Waals surface area contributed by atoms with Crippen molar-refractivity contribution < 1.29 is 0 Å². The molecule has 0 aromatic heterocycles. The van der Waals surface area contributed by atoms with Crippen LogP contribution in [-0.2, 0) is 0 Å². The van der Waals surface area contributed by atoms with Gasteiger partial charge in [0, 0.05) is 36.6 Å². The molecule has 0 aliphatic rings. The van der Waals surface area contributed by atoms with Crippen LogP contribution in [0.4, 0.5) is 0 Å². The zero-order chi connectivity index (χ0) is 16.5. The number of hydrogen-bond acceptors (Lipinski definition) is 0. The third kappa shape index (κ3) is 6.23. The van der Waals surface area contributed by atoms with E-state index in [0.29, 0.717) is 0 Å². The van der Waals surface area contributed by atoms with Crippen molar-refractivity contribution in [3.63, 3.8) is 0 Å². The molecule has 3 rings (SSSR count). The summed E-state index contributed by atoms with van der Waals surface area (Å²) in [6, 6.07) is 32.8. The van der Waals surface area contributed by atoms with Gasteiger partial charge < -0.3 is 0 Å². The zero-order valence-corrected chi connectivity index (χ0v) is 18.8. The van der Waals surface area contributed by atoms with Crippen molar-refractivity contribution in [1.82, 2.24) is 0 Å². The Kier molecular flexibility index (Phi) is 8.04. The first-order chi connectivity index (χ1) is 11.2. The number of hydrogen-bond donors (Lipinski definition) is 0. The summed E-state index contributed by atoms with van der Waals surface area (Å²) in [5.41, 5.74) is 0. The van der Waals surface area contributed by atoms with Crippen LogP contribution in [0.2, 0.25) is 0 Å². The van der Waals surface area contributed by atoms with E-state index in [9.17, 15) is 0 Å². The van der Waals surface area contributed by atoms with E-state index in [0.717, 1.165) is 0 Å². The van der Waals surface area contributed by atoms with E-state index in [4.69, 9.17) is 0 Å². The van der Waals surface area contributed by atoms with Crippen LogP contribution >= 0.6 is 0 Å². The fraction of sp³-hybridized carbons (Fsp3) is 0. The molecule has 5 heteroatoms. The number of rotatable bonds is 3. The molecule has 0 aliphatic heterocycles. The Bertz CT molecular complexity index is 578. The van der Waals surface area contributed by atoms with Crippen LogP contribution in [0.25, 0.3) is 0 Å². The Hall–Kier alpha value is -0.930. The molecule has 3 aromatic rings. The summed E-state index contributed by atoms with van der Waals surface area (Å²) in [7, 11) is 9.26. The van der Waals surface area contributed by atoms with Crippen molar-refractivity contribution in [3.8, 4) is 0 Å². The average molecular weight is 416 g/mol. The number of benzene rings is 3. The van der Waals surface area contributed by atoms with Gasteiger partial charge in [-0.15, -0.1) is 0 Å². The molecule has 0 heterocycles. The molecule has 0 amide bonds. The Morgan fingerprint density at radius 3 is 0.913 bits per heavy atom. The molecule has 0 saturated carbocycles. The van der Waals surface area contributed by atoms with E-state index in [-0.39, 0.29) is 0 Å². The Morgan fingerprint density at radius 2 is 0.696 bits per heavy atom. The Balaban J connectivity index is 0.000000433. The molecule has 3 aromatic carbocycles. The van der Waals surface area contributed by atoms with Crippen LogP contribution in [-0.4, -0.2) is 51.0 Å². The summed E-state index contributed by atoms with van der Waals surface area (Å²) in [6.45, 7) is 0. The molecule has 0 N–H and O–H groups in total. The molecule has 0 fully saturated rings. The molecular weight excluding hydrogens is 401 g/mol. The predicted molar refractivity (Wildman–Crippen MR) is 107 cm³/mol. The van der Waals surface area contributed by atoms with Gasteiger partial charge in [0.15, 0.2) is 0 Å². The van der Waals surface area contributed by atoms with E-state index in [1.54, 1.807) is 0 Å². The van der Waals surface area contributed by atoms with Crippen molar-refractivity contribution in [2.24, 2.45) is 0 Å². The normalized spacial score (nSPS) is 10.3. The molecule has 0 nitrogen and oxygen atoms in total. The summed E-state index contributed by atoms with van der Waals surface area (Å²) in [4.78, 5) is 0. The molecule has 0 aliphatic carbocycles. The van der Waals surface area contributed by atoms with Gasteiger partial charge >= 0.3 is 119 Å². The second-order valence-electron chi connectivity index (χ2n) is 4.85. The first kappa shape index (κ1) is 18.4. The molecule has 0 bridgehead atoms. The van der Waals surface area contributed by atoms with Gasteiger partial charge in [-0.25, -0.2) is 0 Å². The van der Waals surface area contributed by atoms with E-state index in [1.165, 1.54) is 13.2 Å². The van der Waals surface area contributed by atoms with Crippen molar-refractivity contribution >= 4 is 64.2 Å². The van der Waals surface area contributed by atoms with Gasteiger partial charge in [-0.3, -0.25) is 0 Å². The van der Waals surface area contributed by atoms with Crippen molar-refractivity contribution in [2.75, 3.05) is 0 Å². The fourth-order valence-corrected chi connectivity index (χ4v) is 7.72. The first-order valence-electron chi connectivity index (χ1n) is 7.23. The van der Waals surface area contributed by atoms with Crippen molar-refractivity contribution in [1.29, 1.82) is 0 Å². The monoisotopic (exact) mass is 417 g/mol. The van der Waals surface area contributed by atoms with Crippen molar-refractivity contribution in [3.05, 3.63) is 91.0 Å². The maximum absolute atomic E-state index is 3.24. The minimum atomic E-state index is -1.63. The van der Waals surface area contributed by atoms with Crippen LogP contribution in [0.15, 0.2) is 91.0 Å².